The first-order valence-corrected chi connectivity index (χ1v) is 6.56. The Morgan fingerprint density at radius 3 is 2.41 bits per heavy atom. The van der Waals surface area contributed by atoms with Gasteiger partial charge in [-0.25, -0.2) is 0 Å². The number of benzene rings is 1. The maximum absolute atomic E-state index is 6.12. The van der Waals surface area contributed by atoms with Crippen molar-refractivity contribution >= 4 is 5.57 Å². The van der Waals surface area contributed by atoms with Crippen LogP contribution in [0.1, 0.15) is 44.7 Å². The Hall–Kier alpha value is -1.08. The molecule has 0 aliphatic heterocycles. The van der Waals surface area contributed by atoms with Gasteiger partial charge in [-0.2, -0.15) is 0 Å². The van der Waals surface area contributed by atoms with Crippen molar-refractivity contribution < 1.29 is 0 Å². The molecule has 2 N–H and O–H groups in total. The lowest BCUT2D eigenvalue weighted by Gasteiger charge is -2.33. The van der Waals surface area contributed by atoms with Gasteiger partial charge in [0.2, 0.25) is 0 Å². The van der Waals surface area contributed by atoms with E-state index in [-0.39, 0.29) is 6.04 Å². The molecule has 0 fully saturated rings. The summed E-state index contributed by atoms with van der Waals surface area (Å²) in [5, 5.41) is 0. The summed E-state index contributed by atoms with van der Waals surface area (Å²) in [4.78, 5) is 0. The molecule has 0 bridgehead atoms. The van der Waals surface area contributed by atoms with E-state index >= 15 is 0 Å². The first-order chi connectivity index (χ1) is 8.00. The van der Waals surface area contributed by atoms with E-state index in [0.717, 1.165) is 19.3 Å². The molecule has 1 atom stereocenters. The normalized spacial score (nSPS) is 23.3. The van der Waals surface area contributed by atoms with E-state index in [9.17, 15) is 0 Å². The average molecular weight is 229 g/mol. The first kappa shape index (κ1) is 12.4. The molecule has 0 aromatic heterocycles. The van der Waals surface area contributed by atoms with Crippen molar-refractivity contribution in [1.29, 1.82) is 0 Å². The number of hydrogen-bond acceptors (Lipinski definition) is 1. The molecule has 1 aliphatic rings. The lowest BCUT2D eigenvalue weighted by Crippen LogP contribution is -2.30. The highest BCUT2D eigenvalue weighted by Crippen LogP contribution is 2.38. The minimum atomic E-state index is 0.208. The van der Waals surface area contributed by atoms with Gasteiger partial charge in [-0.1, -0.05) is 51.1 Å². The Morgan fingerprint density at radius 1 is 1.24 bits per heavy atom. The van der Waals surface area contributed by atoms with E-state index in [0.29, 0.717) is 5.41 Å². The van der Waals surface area contributed by atoms with Crippen molar-refractivity contribution in [1.82, 2.24) is 0 Å². The second-order valence-electron chi connectivity index (χ2n) is 5.95. The summed E-state index contributed by atoms with van der Waals surface area (Å²) in [7, 11) is 0. The maximum Gasteiger partial charge on any atom is 0.0234 e. The van der Waals surface area contributed by atoms with Crippen LogP contribution >= 0.6 is 0 Å². The second kappa shape index (κ2) is 4.66. The fourth-order valence-electron chi connectivity index (χ4n) is 2.75. The van der Waals surface area contributed by atoms with Gasteiger partial charge in [0.05, 0.1) is 0 Å². The van der Waals surface area contributed by atoms with Gasteiger partial charge in [-0.05, 0) is 41.4 Å². The summed E-state index contributed by atoms with van der Waals surface area (Å²) in [5.41, 5.74) is 10.6. The molecular formula is C16H23N. The number of allylic oxidation sites excluding steroid dienone is 1. The third-order valence-electron chi connectivity index (χ3n) is 3.61. The van der Waals surface area contributed by atoms with Crippen molar-refractivity contribution in [3.05, 3.63) is 41.5 Å². The zero-order valence-electron chi connectivity index (χ0n) is 11.2. The van der Waals surface area contributed by atoms with E-state index in [1.54, 1.807) is 0 Å². The number of rotatable bonds is 2. The molecule has 0 amide bonds. The predicted molar refractivity (Wildman–Crippen MR) is 74.8 cm³/mol. The van der Waals surface area contributed by atoms with Gasteiger partial charge in [0.25, 0.3) is 0 Å². The Morgan fingerprint density at radius 2 is 1.88 bits per heavy atom. The maximum atomic E-state index is 6.12. The summed E-state index contributed by atoms with van der Waals surface area (Å²) < 4.78 is 0. The molecular weight excluding hydrogens is 206 g/mol. The monoisotopic (exact) mass is 229 g/mol. The summed E-state index contributed by atoms with van der Waals surface area (Å²) in [6.45, 7) is 6.80. The van der Waals surface area contributed by atoms with Gasteiger partial charge in [0.1, 0.15) is 0 Å². The summed E-state index contributed by atoms with van der Waals surface area (Å²) in [6, 6.07) is 9.13. The molecule has 1 unspecified atom stereocenters. The fourth-order valence-corrected chi connectivity index (χ4v) is 2.75. The van der Waals surface area contributed by atoms with Crippen LogP contribution in [0.15, 0.2) is 30.3 Å². The Bertz CT molecular complexity index is 412. The molecule has 0 radical (unpaired) electrons. The minimum absolute atomic E-state index is 0.208. The molecule has 2 rings (SSSR count). The molecule has 1 aliphatic carbocycles. The van der Waals surface area contributed by atoms with Crippen LogP contribution in [-0.4, -0.2) is 6.04 Å². The second-order valence-corrected chi connectivity index (χ2v) is 5.95. The standard InChI is InChI=1S/C16H23N/c1-4-12-5-7-13(8-6-12)14-9-15(17)11-16(2,3)10-14/h5-9,15H,4,10-11,17H2,1-3H3. The van der Waals surface area contributed by atoms with Crippen LogP contribution in [0.5, 0.6) is 0 Å². The van der Waals surface area contributed by atoms with E-state index in [2.05, 4.69) is 51.1 Å². The van der Waals surface area contributed by atoms with Crippen LogP contribution in [0.25, 0.3) is 5.57 Å². The number of hydrogen-bond donors (Lipinski definition) is 1. The highest BCUT2D eigenvalue weighted by Gasteiger charge is 2.27. The van der Waals surface area contributed by atoms with Gasteiger partial charge in [0, 0.05) is 6.04 Å². The summed E-state index contributed by atoms with van der Waals surface area (Å²) >= 11 is 0. The van der Waals surface area contributed by atoms with Crippen LogP contribution in [0.3, 0.4) is 0 Å². The van der Waals surface area contributed by atoms with Crippen molar-refractivity contribution in [2.75, 3.05) is 0 Å². The quantitative estimate of drug-likeness (QED) is 0.820. The molecule has 0 spiro atoms. The summed E-state index contributed by atoms with van der Waals surface area (Å²) in [5.74, 6) is 0. The molecule has 1 aromatic carbocycles. The van der Waals surface area contributed by atoms with Gasteiger partial charge in [0.15, 0.2) is 0 Å². The smallest absolute Gasteiger partial charge is 0.0234 e. The third kappa shape index (κ3) is 2.98. The van der Waals surface area contributed by atoms with Crippen molar-refractivity contribution in [2.24, 2.45) is 11.1 Å². The third-order valence-corrected chi connectivity index (χ3v) is 3.61. The van der Waals surface area contributed by atoms with E-state index in [1.165, 1.54) is 16.7 Å². The average Bonchev–Trinajstić information content (AvgIpc) is 2.26. The lowest BCUT2D eigenvalue weighted by molar-refractivity contribution is 0.319. The predicted octanol–water partition coefficient (Wildman–Crippen LogP) is 3.78. The molecule has 1 heteroatoms. The molecule has 1 nitrogen and oxygen atoms in total. The Labute approximate surface area is 105 Å². The highest BCUT2D eigenvalue weighted by atomic mass is 14.6. The van der Waals surface area contributed by atoms with E-state index in [4.69, 9.17) is 5.73 Å². The van der Waals surface area contributed by atoms with E-state index < -0.39 is 0 Å². The van der Waals surface area contributed by atoms with Crippen LogP contribution in [0.4, 0.5) is 0 Å². The Balaban J connectivity index is 2.26. The number of nitrogens with two attached hydrogens (primary N) is 1. The van der Waals surface area contributed by atoms with E-state index in [1.807, 2.05) is 0 Å². The van der Waals surface area contributed by atoms with Crippen LogP contribution in [-0.2, 0) is 6.42 Å². The van der Waals surface area contributed by atoms with Crippen molar-refractivity contribution in [2.45, 2.75) is 46.1 Å². The molecule has 1 aromatic rings. The molecule has 92 valence electrons. The van der Waals surface area contributed by atoms with Gasteiger partial charge in [-0.3, -0.25) is 0 Å². The van der Waals surface area contributed by atoms with Crippen LogP contribution in [0, 0.1) is 5.41 Å². The highest BCUT2D eigenvalue weighted by molar-refractivity contribution is 5.67. The number of aryl methyl sites for hydroxylation is 1. The summed E-state index contributed by atoms with van der Waals surface area (Å²) in [6.07, 6.45) is 5.56. The van der Waals surface area contributed by atoms with Gasteiger partial charge >= 0.3 is 0 Å². The van der Waals surface area contributed by atoms with Crippen LogP contribution < -0.4 is 5.73 Å². The molecule has 17 heavy (non-hydrogen) atoms. The minimum Gasteiger partial charge on any atom is -0.324 e. The van der Waals surface area contributed by atoms with Gasteiger partial charge in [-0.15, -0.1) is 0 Å². The van der Waals surface area contributed by atoms with Crippen molar-refractivity contribution in [3.63, 3.8) is 0 Å². The largest absolute Gasteiger partial charge is 0.324 e. The molecule has 0 heterocycles. The first-order valence-electron chi connectivity index (χ1n) is 6.56. The topological polar surface area (TPSA) is 26.0 Å². The zero-order chi connectivity index (χ0) is 12.5. The Kier molecular flexibility index (Phi) is 3.39. The fraction of sp³-hybridized carbons (Fsp3) is 0.500. The molecule has 0 saturated carbocycles. The van der Waals surface area contributed by atoms with Crippen molar-refractivity contribution in [3.8, 4) is 0 Å². The van der Waals surface area contributed by atoms with Gasteiger partial charge < -0.3 is 5.73 Å². The molecule has 0 saturated heterocycles. The SMILES string of the molecule is CCc1ccc(C2=CC(N)CC(C)(C)C2)cc1. The lowest BCUT2D eigenvalue weighted by atomic mass is 9.74. The zero-order valence-corrected chi connectivity index (χ0v) is 11.2. The van der Waals surface area contributed by atoms with Crippen LogP contribution in [0.2, 0.25) is 0 Å².